The summed E-state index contributed by atoms with van der Waals surface area (Å²) >= 11 is 2.50. The van der Waals surface area contributed by atoms with Gasteiger partial charge in [0.2, 0.25) is 35.4 Å². The maximum Gasteiger partial charge on any atom is 0.404 e. The predicted molar refractivity (Wildman–Crippen MR) is 380 cm³/mol. The fraction of sp³-hybridized carbons (Fsp3) is 0.645. The highest BCUT2D eigenvalue weighted by atomic mass is 35.5. The average Bonchev–Trinajstić information content (AvgIpc) is 1.45. The van der Waals surface area contributed by atoms with Crippen molar-refractivity contribution in [3.63, 3.8) is 0 Å². The predicted octanol–water partition coefficient (Wildman–Crippen LogP) is -7.67. The molecular formula is C62H99ClN20O22S2. The van der Waals surface area contributed by atoms with Crippen molar-refractivity contribution in [2.24, 2.45) is 28.9 Å². The Morgan fingerprint density at radius 3 is 1.95 bits per heavy atom. The van der Waals surface area contributed by atoms with Gasteiger partial charge in [-0.15, -0.1) is 35.1 Å². The summed E-state index contributed by atoms with van der Waals surface area (Å²) < 4.78 is 28.8. The second-order valence-corrected chi connectivity index (χ2v) is 27.0. The van der Waals surface area contributed by atoms with Gasteiger partial charge >= 0.3 is 6.09 Å². The summed E-state index contributed by atoms with van der Waals surface area (Å²) in [4.78, 5) is 142. The van der Waals surface area contributed by atoms with Crippen LogP contribution in [-0.4, -0.2) is 287 Å². The van der Waals surface area contributed by atoms with Crippen LogP contribution in [0.4, 0.5) is 10.6 Å². The number of anilines is 1. The van der Waals surface area contributed by atoms with E-state index in [-0.39, 0.29) is 72.3 Å². The van der Waals surface area contributed by atoms with Crippen LogP contribution in [0.2, 0.25) is 0 Å². The summed E-state index contributed by atoms with van der Waals surface area (Å²) in [6.07, 6.45) is -21.7. The van der Waals surface area contributed by atoms with E-state index in [1.165, 1.54) is 57.3 Å². The molecule has 2 aliphatic heterocycles. The van der Waals surface area contributed by atoms with E-state index in [0.29, 0.717) is 35.2 Å². The summed E-state index contributed by atoms with van der Waals surface area (Å²) in [5.74, 6) is -8.82. The molecule has 2 fully saturated rings. The number of amides is 9. The number of primary amides is 3. The lowest BCUT2D eigenvalue weighted by Crippen LogP contribution is -2.65. The van der Waals surface area contributed by atoms with Gasteiger partial charge in [0.25, 0.3) is 11.8 Å². The number of imidazole rings is 1. The number of hydrogen-bond donors (Lipinski definition) is 23. The van der Waals surface area contributed by atoms with Gasteiger partial charge in [0.1, 0.15) is 94.6 Å². The Morgan fingerprint density at radius 2 is 1.35 bits per heavy atom. The number of aliphatic hydroxyl groups excluding tert-OH is 8. The number of carbonyl (C=O) groups is 9. The number of unbranched alkanes of at least 4 members (excludes halogenated alkanes) is 1. The molecule has 42 nitrogen and oxygen atoms in total. The van der Waals surface area contributed by atoms with E-state index in [4.69, 9.17) is 52.4 Å². The van der Waals surface area contributed by atoms with Crippen LogP contribution < -0.4 is 76.5 Å². The van der Waals surface area contributed by atoms with Gasteiger partial charge in [-0.25, -0.2) is 29.7 Å². The van der Waals surface area contributed by atoms with Crippen molar-refractivity contribution in [3.8, 4) is 10.7 Å². The molecule has 598 valence electrons. The number of carbonyl (C=O) groups excluding carboxylic acids is 9. The number of aliphatic hydroxyl groups is 8. The van der Waals surface area contributed by atoms with Gasteiger partial charge in [-0.2, -0.15) is 0 Å². The Morgan fingerprint density at radius 1 is 0.701 bits per heavy atom. The van der Waals surface area contributed by atoms with Gasteiger partial charge in [-0.1, -0.05) is 6.92 Å². The van der Waals surface area contributed by atoms with Crippen LogP contribution in [0.25, 0.3) is 10.7 Å². The fourth-order valence-corrected chi connectivity index (χ4v) is 12.5. The van der Waals surface area contributed by atoms with Gasteiger partial charge < -0.3 is 146 Å². The zero-order chi connectivity index (χ0) is 78.1. The van der Waals surface area contributed by atoms with Crippen molar-refractivity contribution < 1.29 is 108 Å². The van der Waals surface area contributed by atoms with Crippen LogP contribution >= 0.6 is 35.1 Å². The van der Waals surface area contributed by atoms with E-state index >= 15 is 4.79 Å². The fourth-order valence-electron chi connectivity index (χ4n) is 10.9. The van der Waals surface area contributed by atoms with E-state index in [2.05, 4.69) is 77.8 Å². The quantitative estimate of drug-likeness (QED) is 0.0183. The van der Waals surface area contributed by atoms with E-state index < -0.39 is 183 Å². The molecule has 6 rings (SSSR count). The number of thiazole rings is 2. The Kier molecular flexibility index (Phi) is 36.8. The molecule has 0 bridgehead atoms. The summed E-state index contributed by atoms with van der Waals surface area (Å²) in [6, 6.07) is -7.89. The van der Waals surface area contributed by atoms with Crippen molar-refractivity contribution in [2.45, 2.75) is 183 Å². The molecule has 2 saturated heterocycles. The van der Waals surface area contributed by atoms with Crippen LogP contribution in [-0.2, 0) is 58.9 Å². The minimum absolute atomic E-state index is 0. The molecule has 45 heteroatoms. The van der Waals surface area contributed by atoms with E-state index in [1.54, 1.807) is 10.8 Å². The molecule has 6 heterocycles. The molecule has 0 unspecified atom stereocenters. The minimum atomic E-state index is -2.20. The number of aromatic amines is 1. The van der Waals surface area contributed by atoms with Gasteiger partial charge in [-0.05, 0) is 72.6 Å². The number of ether oxygens (including phenoxy) is 5. The Balaban J connectivity index is 0.0000205. The van der Waals surface area contributed by atoms with Gasteiger partial charge in [0.05, 0.1) is 72.7 Å². The van der Waals surface area contributed by atoms with Gasteiger partial charge in [0.15, 0.2) is 18.7 Å². The van der Waals surface area contributed by atoms with Crippen molar-refractivity contribution in [3.05, 3.63) is 56.8 Å². The van der Waals surface area contributed by atoms with Crippen molar-refractivity contribution >= 4 is 94.2 Å². The van der Waals surface area contributed by atoms with Crippen molar-refractivity contribution in [2.75, 3.05) is 71.3 Å². The number of aromatic nitrogens is 6. The second-order valence-electron chi connectivity index (χ2n) is 25.2. The molecular weight excluding hydrogens is 1480 g/mol. The summed E-state index contributed by atoms with van der Waals surface area (Å²) in [5, 5.41) is 118. The molecule has 19 atom stereocenters. The molecule has 0 spiro atoms. The normalized spacial score (nSPS) is 22.5. The molecule has 0 radical (unpaired) electrons. The Labute approximate surface area is 627 Å². The van der Waals surface area contributed by atoms with E-state index in [1.807, 2.05) is 0 Å². The third-order valence-electron chi connectivity index (χ3n) is 16.9. The first-order chi connectivity index (χ1) is 50.3. The smallest absolute Gasteiger partial charge is 0.404 e. The van der Waals surface area contributed by atoms with Gasteiger partial charge in [0, 0.05) is 62.3 Å². The number of nitrogens with two attached hydrogens (primary N) is 5. The molecule has 0 aliphatic carbocycles. The molecule has 4 aromatic heterocycles. The number of nitrogens with zero attached hydrogens (tertiary/aromatic N) is 5. The number of H-pyrrole nitrogens is 1. The third-order valence-corrected chi connectivity index (χ3v) is 18.7. The topological polar surface area (TPSA) is 680 Å². The number of nitrogen functional groups attached to an aromatic ring is 1. The zero-order valence-electron chi connectivity index (χ0n) is 59.2. The number of rotatable bonds is 44. The number of halogens is 1. The van der Waals surface area contributed by atoms with Crippen molar-refractivity contribution in [1.29, 1.82) is 0 Å². The van der Waals surface area contributed by atoms with Crippen LogP contribution in [0.3, 0.4) is 0 Å². The summed E-state index contributed by atoms with van der Waals surface area (Å²) in [5.41, 5.74) is 28.1. The average molecular weight is 1580 g/mol. The first kappa shape index (κ1) is 89.7. The minimum Gasteiger partial charge on any atom is -0.441 e. The Bertz CT molecular complexity index is 3540. The molecule has 9 amide bonds. The zero-order valence-corrected chi connectivity index (χ0v) is 61.7. The standard InChI is InChI=1S/C62H98N20O22S2.ClH/c1-26-40(79-53(82-51(26)65)32(18-38(64)87)74-19-31(63)52(66)93)57(97)81-42(48(33-20-70-25-75-33)102-61-50(46(91)44(89)36(21-83)101-61)103-60-47(92)49(104-62(67)99)45(90)37(22-84)100-60)58(98)76-28(3)43(88)27(2)54(94)80-41(29(4)85)56(96)73-17-10-39-77-35(24-105-39)59-78-34(23-106-59)55(95)72-16-9-14-69-12-7-6-11-68-13-8-15-71-30(5)86;/h20,23-25,27-29,31-32,36-37,41-50,60-61,68-69,74,83-85,88-92H,6-19,21-22,63H2,1-5H3,(H2,64,87)(H2,66,93)(H2,67,99)(H,70,75)(H,71,86)(H,72,95)(H,73,96)(H,76,98)(H,80,94)(H,81,97)(H2,65,79,82);1H/t27-,28+,29+,31-,32-,36-,37+,41+,42-,43-,44+,45+,46-,47-,48-,49-,50-,60+,61-;/m0./s1. The van der Waals surface area contributed by atoms with Crippen LogP contribution in [0.1, 0.15) is 115 Å². The van der Waals surface area contributed by atoms with E-state index in [9.17, 15) is 79.2 Å². The molecule has 107 heavy (non-hydrogen) atoms. The van der Waals surface area contributed by atoms with E-state index in [0.717, 1.165) is 58.0 Å². The maximum absolute atomic E-state index is 15.2. The van der Waals surface area contributed by atoms with Crippen molar-refractivity contribution in [1.82, 2.24) is 77.8 Å². The van der Waals surface area contributed by atoms with Crippen LogP contribution in [0, 0.1) is 12.8 Å². The highest BCUT2D eigenvalue weighted by Gasteiger charge is 2.54. The van der Waals surface area contributed by atoms with Gasteiger partial charge in [-0.3, -0.25) is 38.4 Å². The second kappa shape index (κ2) is 43.9. The first-order valence-corrected chi connectivity index (χ1v) is 35.7. The van der Waals surface area contributed by atoms with Crippen LogP contribution in [0.15, 0.2) is 23.3 Å². The monoisotopic (exact) mass is 1570 g/mol. The largest absolute Gasteiger partial charge is 0.441 e. The SMILES string of the molecule is CC(=O)NCCCNCCCCNCCCNC(=O)c1csc(-c2csc(CCNC(=O)[C@H](NC(=O)[C@@H](C)[C@H](O)[C@@H](C)NC(=O)[C@@H](NC(=O)c3nc([C@H](CC(N)=O)NC[C@H](N)C(N)=O)nc(N)c3C)[C@@H](O[C@@H]3O[C@@H](CO)[C@@H](O)[C@H](O)[C@@H]3O[C@H]3O[C@H](CO)[C@@H](O)[C@H](OC(N)=O)[C@@H]3O)c3cnc[nH]3)[C@@H](C)O)n2)n1.Cl. The molecule has 28 N–H and O–H groups in total. The van der Waals surface area contributed by atoms with Crippen LogP contribution in [0.5, 0.6) is 0 Å². The molecule has 2 aliphatic rings. The lowest BCUT2D eigenvalue weighted by atomic mass is 9.96. The lowest BCUT2D eigenvalue weighted by Gasteiger charge is -2.47. The lowest BCUT2D eigenvalue weighted by molar-refractivity contribution is -0.372. The third kappa shape index (κ3) is 26.4. The molecule has 4 aromatic rings. The highest BCUT2D eigenvalue weighted by Crippen LogP contribution is 2.35. The Hall–Kier alpha value is -7.97. The number of nitrogens with one attached hydrogen (secondary N) is 10. The summed E-state index contributed by atoms with van der Waals surface area (Å²) in [7, 11) is 0. The summed E-state index contributed by atoms with van der Waals surface area (Å²) in [6.45, 7) is 8.46. The number of hydrogen-bond acceptors (Lipinski definition) is 34. The first-order valence-electron chi connectivity index (χ1n) is 34.0. The maximum atomic E-state index is 15.2. The molecule has 0 aromatic carbocycles. The highest BCUT2D eigenvalue weighted by molar-refractivity contribution is 7.14. The molecule has 0 saturated carbocycles.